The summed E-state index contributed by atoms with van der Waals surface area (Å²) in [6, 6.07) is 11.1. The highest BCUT2D eigenvalue weighted by Crippen LogP contribution is 2.28. The van der Waals surface area contributed by atoms with E-state index < -0.39 is 0 Å². The Morgan fingerprint density at radius 2 is 2.07 bits per heavy atom. The van der Waals surface area contributed by atoms with Crippen molar-refractivity contribution >= 4 is 40.6 Å². The first-order valence-corrected chi connectivity index (χ1v) is 10.8. The lowest BCUT2D eigenvalue weighted by Crippen LogP contribution is -2.36. The topological polar surface area (TPSA) is 60.2 Å². The van der Waals surface area contributed by atoms with Crippen molar-refractivity contribution in [3.8, 4) is 16.5 Å². The Bertz CT molecular complexity index is 913. The number of nitrogens with zero attached hydrogens (tertiary/aromatic N) is 4. The molecule has 28 heavy (non-hydrogen) atoms. The molecule has 0 saturated carbocycles. The number of rotatable bonds is 8. The lowest BCUT2D eigenvalue weighted by atomic mass is 10.3. The summed E-state index contributed by atoms with van der Waals surface area (Å²) in [7, 11) is 3.69. The molecule has 6 nitrogen and oxygen atoms in total. The van der Waals surface area contributed by atoms with E-state index in [0.29, 0.717) is 18.2 Å². The van der Waals surface area contributed by atoms with Gasteiger partial charge in [-0.1, -0.05) is 29.4 Å². The van der Waals surface area contributed by atoms with Crippen molar-refractivity contribution in [1.29, 1.82) is 0 Å². The first kappa shape index (κ1) is 20.7. The van der Waals surface area contributed by atoms with E-state index in [2.05, 4.69) is 10.2 Å². The molecule has 9 heteroatoms. The van der Waals surface area contributed by atoms with Gasteiger partial charge in [-0.05, 0) is 42.6 Å². The summed E-state index contributed by atoms with van der Waals surface area (Å²) in [6.45, 7) is 2.78. The van der Waals surface area contributed by atoms with Crippen molar-refractivity contribution in [2.24, 2.45) is 7.05 Å². The van der Waals surface area contributed by atoms with Crippen LogP contribution >= 0.6 is 34.7 Å². The number of ether oxygens (including phenoxy) is 1. The first-order chi connectivity index (χ1) is 13.5. The average Bonchev–Trinajstić information content (AvgIpc) is 3.33. The Kier molecular flexibility index (Phi) is 6.98. The maximum Gasteiger partial charge on any atom is 0.235 e. The van der Waals surface area contributed by atoms with Gasteiger partial charge in [0.15, 0.2) is 11.0 Å². The quantitative estimate of drug-likeness (QED) is 0.495. The molecule has 2 aromatic heterocycles. The summed E-state index contributed by atoms with van der Waals surface area (Å²) in [6.07, 6.45) is 0. The van der Waals surface area contributed by atoms with E-state index in [-0.39, 0.29) is 11.2 Å². The molecule has 0 aliphatic rings. The van der Waals surface area contributed by atoms with E-state index in [1.54, 1.807) is 35.4 Å². The molecule has 1 unspecified atom stereocenters. The number of hydrogen-bond donors (Lipinski definition) is 0. The van der Waals surface area contributed by atoms with Gasteiger partial charge in [-0.25, -0.2) is 0 Å². The molecule has 0 N–H and O–H groups in total. The average molecular weight is 437 g/mol. The molecule has 0 saturated heterocycles. The van der Waals surface area contributed by atoms with Gasteiger partial charge in [-0.3, -0.25) is 4.79 Å². The van der Waals surface area contributed by atoms with Crippen LogP contribution in [0.25, 0.3) is 10.7 Å². The number of amides is 1. The Morgan fingerprint density at radius 1 is 1.32 bits per heavy atom. The van der Waals surface area contributed by atoms with Crippen LogP contribution in [0.5, 0.6) is 5.75 Å². The predicted molar refractivity (Wildman–Crippen MR) is 114 cm³/mol. The van der Waals surface area contributed by atoms with E-state index >= 15 is 0 Å². The van der Waals surface area contributed by atoms with Gasteiger partial charge in [0.2, 0.25) is 5.91 Å². The number of carbonyl (C=O) groups excluding carboxylic acids is 1. The minimum Gasteiger partial charge on any atom is -0.492 e. The zero-order valence-corrected chi connectivity index (χ0v) is 18.2. The molecular weight excluding hydrogens is 416 g/mol. The SMILES string of the molecule is CC(Sc1nnc(-c2cccs2)n1C)C(=O)N(C)CCOc1ccc(Cl)cc1. The Labute approximate surface area is 177 Å². The van der Waals surface area contributed by atoms with Gasteiger partial charge in [-0.2, -0.15) is 0 Å². The highest BCUT2D eigenvalue weighted by atomic mass is 35.5. The van der Waals surface area contributed by atoms with Gasteiger partial charge in [-0.15, -0.1) is 21.5 Å². The lowest BCUT2D eigenvalue weighted by molar-refractivity contribution is -0.129. The number of likely N-dealkylation sites (N-methyl/N-ethyl adjacent to an activating group) is 1. The molecule has 0 fully saturated rings. The molecule has 1 atom stereocenters. The van der Waals surface area contributed by atoms with Gasteiger partial charge < -0.3 is 14.2 Å². The number of benzene rings is 1. The molecule has 148 valence electrons. The number of aromatic nitrogens is 3. The van der Waals surface area contributed by atoms with Crippen LogP contribution in [0, 0.1) is 0 Å². The Balaban J connectivity index is 1.51. The fourth-order valence-corrected chi connectivity index (χ4v) is 4.30. The smallest absolute Gasteiger partial charge is 0.235 e. The summed E-state index contributed by atoms with van der Waals surface area (Å²) < 4.78 is 7.58. The number of thiophene rings is 1. The van der Waals surface area contributed by atoms with Crippen molar-refractivity contribution in [2.45, 2.75) is 17.3 Å². The van der Waals surface area contributed by atoms with Crippen molar-refractivity contribution in [3.63, 3.8) is 0 Å². The van der Waals surface area contributed by atoms with E-state index in [1.807, 2.05) is 48.2 Å². The molecule has 2 heterocycles. The number of halogens is 1. The van der Waals surface area contributed by atoms with Gasteiger partial charge in [0, 0.05) is 19.1 Å². The molecule has 3 aromatic rings. The number of carbonyl (C=O) groups is 1. The van der Waals surface area contributed by atoms with Crippen molar-refractivity contribution in [2.75, 3.05) is 20.2 Å². The maximum atomic E-state index is 12.7. The van der Waals surface area contributed by atoms with Crippen molar-refractivity contribution in [3.05, 3.63) is 46.8 Å². The summed E-state index contributed by atoms with van der Waals surface area (Å²) >= 11 is 8.88. The molecule has 3 rings (SSSR count). The lowest BCUT2D eigenvalue weighted by Gasteiger charge is -2.21. The number of thioether (sulfide) groups is 1. The molecule has 1 aromatic carbocycles. The molecule has 0 aliphatic heterocycles. The molecular formula is C19H21ClN4O2S2. The molecule has 1 amide bonds. The molecule has 0 spiro atoms. The van der Waals surface area contributed by atoms with Gasteiger partial charge in [0.25, 0.3) is 0 Å². The molecule has 0 radical (unpaired) electrons. The minimum absolute atomic E-state index is 0.0189. The van der Waals surface area contributed by atoms with E-state index in [9.17, 15) is 4.79 Å². The fraction of sp³-hybridized carbons (Fsp3) is 0.316. The molecule has 0 bridgehead atoms. The minimum atomic E-state index is -0.278. The first-order valence-electron chi connectivity index (χ1n) is 8.69. The van der Waals surface area contributed by atoms with Crippen LogP contribution in [0.1, 0.15) is 6.92 Å². The van der Waals surface area contributed by atoms with E-state index in [4.69, 9.17) is 16.3 Å². The summed E-state index contributed by atoms with van der Waals surface area (Å²) in [5.41, 5.74) is 0. The third-order valence-corrected chi connectivity index (χ3v) is 6.33. The summed E-state index contributed by atoms with van der Waals surface area (Å²) in [5.74, 6) is 1.56. The van der Waals surface area contributed by atoms with Crippen LogP contribution in [0.2, 0.25) is 5.02 Å². The summed E-state index contributed by atoms with van der Waals surface area (Å²) in [5, 5.41) is 11.6. The van der Waals surface area contributed by atoms with Gasteiger partial charge in [0.1, 0.15) is 12.4 Å². The highest BCUT2D eigenvalue weighted by molar-refractivity contribution is 8.00. The third-order valence-electron chi connectivity index (χ3n) is 4.09. The second-order valence-corrected chi connectivity index (χ2v) is 8.86. The largest absolute Gasteiger partial charge is 0.492 e. The Morgan fingerprint density at radius 3 is 2.75 bits per heavy atom. The fourth-order valence-electron chi connectivity index (χ4n) is 2.50. The maximum absolute atomic E-state index is 12.7. The van der Waals surface area contributed by atoms with Gasteiger partial charge in [0.05, 0.1) is 16.7 Å². The third kappa shape index (κ3) is 5.06. The van der Waals surface area contributed by atoms with Crippen molar-refractivity contribution < 1.29 is 9.53 Å². The monoisotopic (exact) mass is 436 g/mol. The van der Waals surface area contributed by atoms with Gasteiger partial charge >= 0.3 is 0 Å². The molecule has 0 aliphatic carbocycles. The normalized spacial score (nSPS) is 12.0. The Hall–Kier alpha value is -2.03. The zero-order chi connectivity index (χ0) is 20.1. The van der Waals surface area contributed by atoms with Crippen LogP contribution in [-0.2, 0) is 11.8 Å². The number of hydrogen-bond acceptors (Lipinski definition) is 6. The predicted octanol–water partition coefficient (Wildman–Crippen LogP) is 4.22. The highest BCUT2D eigenvalue weighted by Gasteiger charge is 2.22. The van der Waals surface area contributed by atoms with Crippen LogP contribution in [0.3, 0.4) is 0 Å². The van der Waals surface area contributed by atoms with Crippen molar-refractivity contribution in [1.82, 2.24) is 19.7 Å². The zero-order valence-electron chi connectivity index (χ0n) is 15.8. The van der Waals surface area contributed by atoms with Crippen LogP contribution in [0.15, 0.2) is 46.9 Å². The van der Waals surface area contributed by atoms with Crippen LogP contribution in [-0.4, -0.2) is 51.0 Å². The standard InChI is InChI=1S/C19H21ClN4O2S2/c1-13(28-19-22-21-17(24(19)3)16-5-4-12-27-16)18(25)23(2)10-11-26-15-8-6-14(20)7-9-15/h4-9,12-13H,10-11H2,1-3H3. The van der Waals surface area contributed by atoms with Crippen LogP contribution in [0.4, 0.5) is 0 Å². The second kappa shape index (κ2) is 9.45. The van der Waals surface area contributed by atoms with E-state index in [0.717, 1.165) is 21.6 Å². The second-order valence-electron chi connectivity index (χ2n) is 6.16. The van der Waals surface area contributed by atoms with Crippen LogP contribution < -0.4 is 4.74 Å². The summed E-state index contributed by atoms with van der Waals surface area (Å²) in [4.78, 5) is 15.4. The van der Waals surface area contributed by atoms with E-state index in [1.165, 1.54) is 11.8 Å².